The van der Waals surface area contributed by atoms with Crippen LogP contribution < -0.4 is 0 Å². The second kappa shape index (κ2) is 17.3. The predicted octanol–water partition coefficient (Wildman–Crippen LogP) is 3.14. The quantitative estimate of drug-likeness (QED) is 0.408. The molecule has 0 amide bonds. The summed E-state index contributed by atoms with van der Waals surface area (Å²) in [7, 11) is 0. The van der Waals surface area contributed by atoms with E-state index in [9.17, 15) is 0 Å². The molecule has 0 aromatic rings. The monoisotopic (exact) mass is 142 g/mol. The molecule has 0 aromatic carbocycles. The first-order valence-electron chi connectivity index (χ1n) is 5.33. The molecule has 0 radical (unpaired) electrons. The van der Waals surface area contributed by atoms with Gasteiger partial charge < -0.3 is 0 Å². The molecule has 58 valence electrons. The van der Waals surface area contributed by atoms with Crippen LogP contribution in [0.3, 0.4) is 0 Å². The van der Waals surface area contributed by atoms with Crippen LogP contribution in [-0.4, -0.2) is 35.4 Å². The van der Waals surface area contributed by atoms with Gasteiger partial charge in [-0.1, -0.05) is 0 Å². The zero-order valence-corrected chi connectivity index (χ0v) is 8.95. The first-order chi connectivity index (χ1) is 5.33. The molecule has 0 aromatic heterocycles. The van der Waals surface area contributed by atoms with E-state index < -0.39 is 0 Å². The van der Waals surface area contributed by atoms with Crippen molar-refractivity contribution in [2.24, 2.45) is 0 Å². The fourth-order valence-corrected chi connectivity index (χ4v) is 0.854. The van der Waals surface area contributed by atoms with Crippen molar-refractivity contribution in [1.82, 2.24) is 0 Å². The third kappa shape index (κ3) is 24.7. The Morgan fingerprint density at radius 2 is 1.18 bits per heavy atom. The summed E-state index contributed by atoms with van der Waals surface area (Å²) in [5.74, 6) is 0. The topological polar surface area (TPSA) is 0 Å². The summed E-state index contributed by atoms with van der Waals surface area (Å²) in [6.07, 6.45) is 6.91. The predicted molar refractivity (Wildman–Crippen MR) is 55.6 cm³/mol. The average Bonchev–Trinajstić information content (AvgIpc) is 2.04. The minimum absolute atomic E-state index is 1.34. The molecule has 11 heavy (non-hydrogen) atoms. The van der Waals surface area contributed by atoms with Gasteiger partial charge in [-0.25, -0.2) is 0 Å². The maximum atomic E-state index is 2.23. The van der Waals surface area contributed by atoms with Crippen molar-refractivity contribution in [2.75, 3.05) is 0 Å². The van der Waals surface area contributed by atoms with Gasteiger partial charge in [0.25, 0.3) is 0 Å². The van der Waals surface area contributed by atoms with Crippen LogP contribution in [0.1, 0.15) is 46.0 Å². The van der Waals surface area contributed by atoms with E-state index in [1.54, 1.807) is 0 Å². The zero-order valence-electron chi connectivity index (χ0n) is 8.95. The molecule has 0 spiro atoms. The summed E-state index contributed by atoms with van der Waals surface area (Å²) in [6, 6.07) is 0. The van der Waals surface area contributed by atoms with E-state index in [-0.39, 0.29) is 0 Å². The van der Waals surface area contributed by atoms with Crippen molar-refractivity contribution in [2.45, 2.75) is 56.1 Å². The van der Waals surface area contributed by atoms with E-state index in [4.69, 9.17) is 0 Å². The Hall–Kier alpha value is 1.19. The third-order valence-electron chi connectivity index (χ3n) is 1.66. The minimum atomic E-state index is 1.34. The van der Waals surface area contributed by atoms with Crippen molar-refractivity contribution in [3.05, 3.63) is 0 Å². The summed E-state index contributed by atoms with van der Waals surface area (Å²) >= 11 is 4.44. The normalized spacial score (nSPS) is 8.91. The number of rotatable bonds is 5. The van der Waals surface area contributed by atoms with Gasteiger partial charge in [-0.05, 0) is 0 Å². The molecule has 0 saturated heterocycles. The van der Waals surface area contributed by atoms with Gasteiger partial charge in [0.15, 0.2) is 0 Å². The molecule has 0 aliphatic heterocycles. The first kappa shape index (κ1) is 14.7. The van der Waals surface area contributed by atoms with Crippen molar-refractivity contribution >= 4 is 35.4 Å². The Labute approximate surface area is 91.3 Å². The SMILES string of the molecule is [Li][CH2]CCC.[Li][CH2]CCCC. The molecule has 0 atom stereocenters. The summed E-state index contributed by atoms with van der Waals surface area (Å²) in [6.45, 7) is 4.44. The Balaban J connectivity index is 0. The van der Waals surface area contributed by atoms with Gasteiger partial charge >= 0.3 is 91.6 Å². The Kier molecular flexibility index (Phi) is 23.2. The molecule has 0 unspecified atom stereocenters. The van der Waals surface area contributed by atoms with E-state index in [1.807, 2.05) is 0 Å². The average molecular weight is 142 g/mol. The molecule has 0 fully saturated rings. The summed E-state index contributed by atoms with van der Waals surface area (Å²) in [5, 5.41) is 2.70. The van der Waals surface area contributed by atoms with Crippen LogP contribution in [0.5, 0.6) is 0 Å². The fourth-order valence-electron chi connectivity index (χ4n) is 0.854. The van der Waals surface area contributed by atoms with E-state index in [0.29, 0.717) is 0 Å². The van der Waals surface area contributed by atoms with Gasteiger partial charge in [0.2, 0.25) is 0 Å². The number of hydrogen-bond acceptors (Lipinski definition) is 0. The van der Waals surface area contributed by atoms with Crippen LogP contribution in [0, 0.1) is 0 Å². The molecule has 0 bridgehead atoms. The Morgan fingerprint density at radius 3 is 1.27 bits per heavy atom. The van der Waals surface area contributed by atoms with E-state index in [0.717, 1.165) is 0 Å². The molecular weight excluding hydrogens is 122 g/mol. The van der Waals surface area contributed by atoms with Crippen LogP contribution in [0.25, 0.3) is 0 Å². The summed E-state index contributed by atoms with van der Waals surface area (Å²) in [5.41, 5.74) is 0. The van der Waals surface area contributed by atoms with Crippen molar-refractivity contribution in [1.29, 1.82) is 0 Å². The second-order valence-electron chi connectivity index (χ2n) is 3.06. The molecule has 0 nitrogen and oxygen atoms in total. The summed E-state index contributed by atoms with van der Waals surface area (Å²) < 4.78 is 0. The van der Waals surface area contributed by atoms with Gasteiger partial charge in [-0.15, -0.1) is 0 Å². The molecule has 0 N–H and O–H groups in total. The van der Waals surface area contributed by atoms with Crippen LogP contribution in [-0.2, 0) is 0 Å². The molecular formula is C9H20Li2. The van der Waals surface area contributed by atoms with Crippen molar-refractivity contribution in [3.8, 4) is 0 Å². The van der Waals surface area contributed by atoms with E-state index in [1.165, 1.54) is 42.3 Å². The van der Waals surface area contributed by atoms with E-state index >= 15 is 0 Å². The molecule has 2 heteroatoms. The van der Waals surface area contributed by atoms with Gasteiger partial charge in [-0.3, -0.25) is 0 Å². The zero-order chi connectivity index (χ0) is 8.95. The maximum absolute atomic E-state index is 2.23. The van der Waals surface area contributed by atoms with Gasteiger partial charge in [0.05, 0.1) is 0 Å². The molecule has 0 aliphatic rings. The second-order valence-corrected chi connectivity index (χ2v) is 3.06. The van der Waals surface area contributed by atoms with Crippen molar-refractivity contribution < 1.29 is 0 Å². The van der Waals surface area contributed by atoms with Crippen LogP contribution in [0.4, 0.5) is 0 Å². The van der Waals surface area contributed by atoms with Crippen LogP contribution >= 0.6 is 0 Å². The molecule has 0 rings (SSSR count). The third-order valence-corrected chi connectivity index (χ3v) is 1.66. The van der Waals surface area contributed by atoms with Gasteiger partial charge in [0.1, 0.15) is 0 Å². The summed E-state index contributed by atoms with van der Waals surface area (Å²) in [4.78, 5) is 0. The molecule has 0 saturated carbocycles. The number of hydrogen-bond donors (Lipinski definition) is 0. The fraction of sp³-hybridized carbons (Fsp3) is 1.00. The first-order valence-corrected chi connectivity index (χ1v) is 5.33. The van der Waals surface area contributed by atoms with Gasteiger partial charge in [0, 0.05) is 0 Å². The van der Waals surface area contributed by atoms with Crippen molar-refractivity contribution in [3.63, 3.8) is 0 Å². The van der Waals surface area contributed by atoms with E-state index in [2.05, 4.69) is 49.3 Å². The number of unbranched alkanes of at least 4 members (excludes halogenated alkanes) is 3. The Morgan fingerprint density at radius 1 is 0.727 bits per heavy atom. The van der Waals surface area contributed by atoms with Crippen LogP contribution in [0.15, 0.2) is 0 Å². The van der Waals surface area contributed by atoms with Crippen LogP contribution in [0.2, 0.25) is 10.2 Å². The molecule has 0 aliphatic carbocycles. The molecule has 0 heterocycles. The standard InChI is InChI=1S/C5H11.C4H9.2Li/c1-3-5-4-2;1-3-4-2;;/h1,3-5H2,2H3;1,3-4H2,2H3;;. The van der Waals surface area contributed by atoms with Gasteiger partial charge in [-0.2, -0.15) is 0 Å². The Bertz CT molecular complexity index is 40.8.